The molecule has 1 fully saturated rings. The zero-order valence-corrected chi connectivity index (χ0v) is 17.8. The van der Waals surface area contributed by atoms with Gasteiger partial charge < -0.3 is 19.9 Å². The van der Waals surface area contributed by atoms with E-state index in [0.717, 1.165) is 5.69 Å². The highest BCUT2D eigenvalue weighted by Gasteiger charge is 2.17. The van der Waals surface area contributed by atoms with Crippen LogP contribution in [0.25, 0.3) is 0 Å². The van der Waals surface area contributed by atoms with Gasteiger partial charge in [-0.05, 0) is 48.9 Å². The highest BCUT2D eigenvalue weighted by atomic mass is 16.5. The first-order chi connectivity index (χ1) is 14.5. The summed E-state index contributed by atoms with van der Waals surface area (Å²) >= 11 is 0. The second kappa shape index (κ2) is 10.8. The lowest BCUT2D eigenvalue weighted by atomic mass is 9.89. The normalized spacial score (nSPS) is 14.5. The minimum absolute atomic E-state index is 0.00498. The Morgan fingerprint density at radius 3 is 2.60 bits per heavy atom. The van der Waals surface area contributed by atoms with Crippen molar-refractivity contribution >= 4 is 17.5 Å². The Balaban J connectivity index is 1.43. The van der Waals surface area contributed by atoms with Crippen molar-refractivity contribution < 1.29 is 18.8 Å². The van der Waals surface area contributed by atoms with E-state index in [1.54, 1.807) is 30.3 Å². The number of benzene rings is 1. The number of aromatic nitrogens is 1. The molecule has 2 aromatic rings. The molecule has 1 saturated carbocycles. The lowest BCUT2D eigenvalue weighted by molar-refractivity contribution is -0.116. The molecule has 0 aliphatic heterocycles. The van der Waals surface area contributed by atoms with Crippen molar-refractivity contribution in [3.05, 3.63) is 41.8 Å². The summed E-state index contributed by atoms with van der Waals surface area (Å²) in [5.41, 5.74) is 0.997. The Morgan fingerprint density at radius 1 is 1.17 bits per heavy atom. The van der Waals surface area contributed by atoms with E-state index in [9.17, 15) is 9.59 Å². The molecule has 0 bridgehead atoms. The molecule has 30 heavy (non-hydrogen) atoms. The van der Waals surface area contributed by atoms with Gasteiger partial charge in [-0.3, -0.25) is 9.59 Å². The third-order valence-electron chi connectivity index (χ3n) is 5.18. The van der Waals surface area contributed by atoms with Gasteiger partial charge in [0.15, 0.2) is 11.5 Å². The number of anilines is 1. The van der Waals surface area contributed by atoms with Gasteiger partial charge in [0.25, 0.3) is 5.91 Å². The van der Waals surface area contributed by atoms with Gasteiger partial charge in [0.1, 0.15) is 12.4 Å². The van der Waals surface area contributed by atoms with Crippen molar-refractivity contribution in [2.24, 2.45) is 11.8 Å². The Bertz CT molecular complexity index is 823. The molecule has 0 unspecified atom stereocenters. The van der Waals surface area contributed by atoms with Crippen LogP contribution in [0.3, 0.4) is 0 Å². The average molecular weight is 414 g/mol. The second-order valence-electron chi connectivity index (χ2n) is 8.35. The van der Waals surface area contributed by atoms with Crippen molar-refractivity contribution in [1.82, 2.24) is 10.5 Å². The third kappa shape index (κ3) is 6.90. The van der Waals surface area contributed by atoms with Gasteiger partial charge in [-0.15, -0.1) is 0 Å². The van der Waals surface area contributed by atoms with E-state index >= 15 is 0 Å². The van der Waals surface area contributed by atoms with Crippen LogP contribution < -0.4 is 15.4 Å². The van der Waals surface area contributed by atoms with Crippen LogP contribution in [0.1, 0.15) is 68.6 Å². The minimum atomic E-state index is -0.211. The molecule has 0 atom stereocenters. The number of nitrogens with zero attached hydrogens (tertiary/aromatic N) is 1. The summed E-state index contributed by atoms with van der Waals surface area (Å²) in [5.74, 6) is 1.78. The summed E-state index contributed by atoms with van der Waals surface area (Å²) in [6.45, 7) is 4.87. The van der Waals surface area contributed by atoms with Crippen LogP contribution in [0.4, 0.5) is 5.69 Å². The van der Waals surface area contributed by atoms with E-state index in [0.29, 0.717) is 36.3 Å². The highest BCUT2D eigenvalue weighted by molar-refractivity contribution is 5.92. The average Bonchev–Trinajstić information content (AvgIpc) is 3.21. The van der Waals surface area contributed by atoms with Gasteiger partial charge in [-0.1, -0.05) is 38.3 Å². The lowest BCUT2D eigenvalue weighted by Crippen LogP contribution is -2.30. The van der Waals surface area contributed by atoms with Gasteiger partial charge >= 0.3 is 0 Å². The molecule has 7 nitrogen and oxygen atoms in total. The van der Waals surface area contributed by atoms with E-state index in [-0.39, 0.29) is 24.1 Å². The minimum Gasteiger partial charge on any atom is -0.486 e. The van der Waals surface area contributed by atoms with Gasteiger partial charge in [-0.25, -0.2) is 0 Å². The highest BCUT2D eigenvalue weighted by Crippen LogP contribution is 2.23. The molecule has 0 spiro atoms. The maximum Gasteiger partial charge on any atom is 0.273 e. The first kappa shape index (κ1) is 21.9. The van der Waals surface area contributed by atoms with E-state index in [1.807, 2.05) is 13.8 Å². The smallest absolute Gasteiger partial charge is 0.273 e. The number of ether oxygens (including phenoxy) is 1. The lowest BCUT2D eigenvalue weighted by Gasteiger charge is -2.21. The predicted molar refractivity (Wildman–Crippen MR) is 114 cm³/mol. The van der Waals surface area contributed by atoms with Crippen LogP contribution in [0.2, 0.25) is 0 Å². The molecule has 2 N–H and O–H groups in total. The molecule has 0 radical (unpaired) electrons. The summed E-state index contributed by atoms with van der Waals surface area (Å²) in [6.07, 6.45) is 6.64. The topological polar surface area (TPSA) is 93.5 Å². The van der Waals surface area contributed by atoms with Crippen LogP contribution in [-0.4, -0.2) is 23.5 Å². The number of rotatable bonds is 9. The molecule has 1 heterocycles. The molecule has 162 valence electrons. The number of nitrogens with one attached hydrogen (secondary N) is 2. The molecule has 1 aliphatic carbocycles. The summed E-state index contributed by atoms with van der Waals surface area (Å²) in [4.78, 5) is 24.1. The van der Waals surface area contributed by atoms with E-state index in [1.165, 1.54) is 32.1 Å². The molecule has 1 aromatic carbocycles. The Kier molecular flexibility index (Phi) is 7.88. The maximum absolute atomic E-state index is 12.3. The molecule has 3 rings (SSSR count). The van der Waals surface area contributed by atoms with Crippen molar-refractivity contribution in [2.75, 3.05) is 11.9 Å². The SMILES string of the molecule is CC(C)CC(=O)Nc1ccc(OCc2cc(C(=O)NCC3CCCCC3)no2)cc1. The monoisotopic (exact) mass is 413 g/mol. The number of carbonyl (C=O) groups is 2. The summed E-state index contributed by atoms with van der Waals surface area (Å²) in [5, 5.41) is 9.66. The fraction of sp³-hybridized carbons (Fsp3) is 0.522. The Morgan fingerprint density at radius 2 is 1.90 bits per heavy atom. The number of hydrogen-bond acceptors (Lipinski definition) is 5. The number of carbonyl (C=O) groups excluding carboxylic acids is 2. The Labute approximate surface area is 177 Å². The molecule has 0 saturated heterocycles. The van der Waals surface area contributed by atoms with Crippen molar-refractivity contribution in [1.29, 1.82) is 0 Å². The van der Waals surface area contributed by atoms with Gasteiger partial charge in [0, 0.05) is 24.7 Å². The molecule has 7 heteroatoms. The van der Waals surface area contributed by atoms with E-state index < -0.39 is 0 Å². The largest absolute Gasteiger partial charge is 0.486 e. The Hall–Kier alpha value is -2.83. The summed E-state index contributed by atoms with van der Waals surface area (Å²) in [7, 11) is 0. The molecule has 1 aromatic heterocycles. The summed E-state index contributed by atoms with van der Waals surface area (Å²) in [6, 6.07) is 8.74. The molecule has 2 amide bonds. The van der Waals surface area contributed by atoms with Gasteiger partial charge in [0.2, 0.25) is 5.91 Å². The van der Waals surface area contributed by atoms with Gasteiger partial charge in [0.05, 0.1) is 0 Å². The zero-order chi connectivity index (χ0) is 21.3. The number of amides is 2. The van der Waals surface area contributed by atoms with Crippen molar-refractivity contribution in [3.8, 4) is 5.75 Å². The van der Waals surface area contributed by atoms with Crippen LogP contribution in [-0.2, 0) is 11.4 Å². The van der Waals surface area contributed by atoms with Crippen molar-refractivity contribution in [2.45, 2.75) is 59.0 Å². The first-order valence-electron chi connectivity index (χ1n) is 10.8. The molecule has 1 aliphatic rings. The fourth-order valence-electron chi connectivity index (χ4n) is 3.58. The quantitative estimate of drug-likeness (QED) is 0.629. The molecular formula is C23H31N3O4. The van der Waals surface area contributed by atoms with E-state index in [4.69, 9.17) is 9.26 Å². The third-order valence-corrected chi connectivity index (χ3v) is 5.18. The fourth-order valence-corrected chi connectivity index (χ4v) is 3.58. The van der Waals surface area contributed by atoms with Crippen molar-refractivity contribution in [3.63, 3.8) is 0 Å². The van der Waals surface area contributed by atoms with Crippen LogP contribution in [0.5, 0.6) is 5.75 Å². The predicted octanol–water partition coefficient (Wildman–Crippen LogP) is 4.55. The van der Waals surface area contributed by atoms with E-state index in [2.05, 4.69) is 15.8 Å². The first-order valence-corrected chi connectivity index (χ1v) is 10.8. The van der Waals surface area contributed by atoms with Crippen LogP contribution >= 0.6 is 0 Å². The number of hydrogen-bond donors (Lipinski definition) is 2. The standard InChI is InChI=1S/C23H31N3O4/c1-16(2)12-22(27)25-18-8-10-19(11-9-18)29-15-20-13-21(26-30-20)23(28)24-14-17-6-4-3-5-7-17/h8-11,13,16-17H,3-7,12,14-15H2,1-2H3,(H,24,28)(H,25,27). The van der Waals surface area contributed by atoms with Crippen LogP contribution in [0, 0.1) is 11.8 Å². The summed E-state index contributed by atoms with van der Waals surface area (Å²) < 4.78 is 10.9. The van der Waals surface area contributed by atoms with Gasteiger partial charge in [-0.2, -0.15) is 0 Å². The maximum atomic E-state index is 12.3. The second-order valence-corrected chi connectivity index (χ2v) is 8.35. The van der Waals surface area contributed by atoms with Crippen LogP contribution in [0.15, 0.2) is 34.9 Å². The molecular weight excluding hydrogens is 382 g/mol. The zero-order valence-electron chi connectivity index (χ0n) is 17.8.